The first-order valence-corrected chi connectivity index (χ1v) is 14.4. The molecule has 5 aliphatic rings. The molecule has 0 atom stereocenters. The van der Waals surface area contributed by atoms with Gasteiger partial charge in [0.25, 0.3) is 11.8 Å². The number of carbonyl (C=O) groups excluding carboxylic acids is 3. The lowest BCUT2D eigenvalue weighted by atomic mass is 9.50. The van der Waals surface area contributed by atoms with Gasteiger partial charge in [-0.1, -0.05) is 30.8 Å². The number of hydrogen-bond acceptors (Lipinski definition) is 6. The molecule has 3 amide bonds. The Morgan fingerprint density at radius 1 is 1.03 bits per heavy atom. The van der Waals surface area contributed by atoms with Gasteiger partial charge in [0.2, 0.25) is 5.91 Å². The minimum atomic E-state index is -0.407. The highest BCUT2D eigenvalue weighted by Gasteiger charge is 2.48. The molecule has 2 N–H and O–H groups in total. The number of imide groups is 1. The molecule has 8 heteroatoms. The number of thioether (sulfide) groups is 1. The molecule has 0 radical (unpaired) electrons. The molecule has 1 aromatic heterocycles. The molecular weight excluding hydrogens is 490 g/mol. The molecule has 0 unspecified atom stereocenters. The summed E-state index contributed by atoms with van der Waals surface area (Å²) in [6.07, 6.45) is 9.48. The van der Waals surface area contributed by atoms with Crippen LogP contribution in [-0.2, 0) is 4.79 Å². The van der Waals surface area contributed by atoms with Crippen LogP contribution in [0.5, 0.6) is 0 Å². The number of aromatic nitrogens is 1. The molecule has 6 nitrogen and oxygen atoms in total. The van der Waals surface area contributed by atoms with E-state index in [9.17, 15) is 14.4 Å². The summed E-state index contributed by atoms with van der Waals surface area (Å²) >= 11 is 2.66. The number of rotatable bonds is 4. The lowest BCUT2D eigenvalue weighted by molar-refractivity contribution is -0.115. The maximum Gasteiger partial charge on any atom is 0.266 e. The van der Waals surface area contributed by atoms with E-state index in [1.165, 1.54) is 28.0 Å². The summed E-state index contributed by atoms with van der Waals surface area (Å²) < 4.78 is 1.55. The van der Waals surface area contributed by atoms with Crippen LogP contribution in [0.15, 0.2) is 46.8 Å². The second-order valence-electron chi connectivity index (χ2n) is 11.1. The first-order valence-electron chi connectivity index (χ1n) is 12.6. The van der Waals surface area contributed by atoms with Crippen molar-refractivity contribution < 1.29 is 14.4 Å². The number of hydrogen-bond donors (Lipinski definition) is 1. The van der Waals surface area contributed by atoms with E-state index in [2.05, 4.69) is 11.9 Å². The SMILES string of the molecule is CC12CC3CC(CC(C3)C1)C2.NC(=O)CSc1nc2ccc(N3C(=O)c4ccccc4C3=O)cc2s1. The van der Waals surface area contributed by atoms with E-state index in [4.69, 9.17) is 5.73 Å². The van der Waals surface area contributed by atoms with E-state index in [0.717, 1.165) is 33.4 Å². The van der Waals surface area contributed by atoms with Crippen molar-refractivity contribution >= 4 is 56.7 Å². The minimum absolute atomic E-state index is 0.158. The minimum Gasteiger partial charge on any atom is -0.369 e. The van der Waals surface area contributed by atoms with E-state index in [-0.39, 0.29) is 17.6 Å². The van der Waals surface area contributed by atoms with Gasteiger partial charge in [0.05, 0.1) is 32.8 Å². The summed E-state index contributed by atoms with van der Waals surface area (Å²) in [5.41, 5.74) is 8.03. The third-order valence-corrected chi connectivity index (χ3v) is 10.3. The molecule has 1 aliphatic heterocycles. The average Bonchev–Trinajstić information content (AvgIpc) is 3.34. The smallest absolute Gasteiger partial charge is 0.266 e. The number of thiazole rings is 1. The van der Waals surface area contributed by atoms with E-state index >= 15 is 0 Å². The third-order valence-electron chi connectivity index (χ3n) is 8.09. The summed E-state index contributed by atoms with van der Waals surface area (Å²) in [6, 6.07) is 12.0. The fourth-order valence-electron chi connectivity index (χ4n) is 7.19. The van der Waals surface area contributed by atoms with Gasteiger partial charge in [-0.05, 0) is 92.0 Å². The van der Waals surface area contributed by atoms with Crippen molar-refractivity contribution in [3.05, 3.63) is 53.6 Å². The van der Waals surface area contributed by atoms with Crippen molar-refractivity contribution in [1.29, 1.82) is 0 Å². The van der Waals surface area contributed by atoms with Crippen molar-refractivity contribution in [3.63, 3.8) is 0 Å². The first-order chi connectivity index (χ1) is 17.3. The Morgan fingerprint density at radius 3 is 2.14 bits per heavy atom. The maximum absolute atomic E-state index is 12.6. The Kier molecular flexibility index (Phi) is 5.91. The van der Waals surface area contributed by atoms with Gasteiger partial charge in [-0.2, -0.15) is 0 Å². The predicted octanol–water partition coefficient (Wildman–Crippen LogP) is 5.90. The molecule has 4 bridgehead atoms. The largest absolute Gasteiger partial charge is 0.369 e. The van der Waals surface area contributed by atoms with Crippen LogP contribution in [0.1, 0.15) is 66.2 Å². The van der Waals surface area contributed by atoms with Gasteiger partial charge in [0.1, 0.15) is 0 Å². The molecule has 4 aliphatic carbocycles. The highest BCUT2D eigenvalue weighted by molar-refractivity contribution is 8.01. The molecule has 8 rings (SSSR count). The van der Waals surface area contributed by atoms with Gasteiger partial charge in [0, 0.05) is 0 Å². The first kappa shape index (κ1) is 23.7. The van der Waals surface area contributed by atoms with Gasteiger partial charge in [-0.15, -0.1) is 11.3 Å². The average molecular weight is 520 g/mol. The van der Waals surface area contributed by atoms with Gasteiger partial charge in [-0.3, -0.25) is 14.4 Å². The van der Waals surface area contributed by atoms with E-state index in [0.29, 0.717) is 21.2 Å². The number of anilines is 1. The number of primary amides is 1. The molecule has 36 heavy (non-hydrogen) atoms. The Labute approximate surface area is 218 Å². The van der Waals surface area contributed by atoms with Crippen LogP contribution in [0.3, 0.4) is 0 Å². The highest BCUT2D eigenvalue weighted by Crippen LogP contribution is 2.59. The Morgan fingerprint density at radius 2 is 1.61 bits per heavy atom. The quantitative estimate of drug-likeness (QED) is 0.342. The van der Waals surface area contributed by atoms with Crippen molar-refractivity contribution in [1.82, 2.24) is 4.98 Å². The predicted molar refractivity (Wildman–Crippen MR) is 143 cm³/mol. The van der Waals surface area contributed by atoms with E-state index in [1.54, 1.807) is 81.0 Å². The zero-order valence-electron chi connectivity index (χ0n) is 20.2. The molecule has 4 fully saturated rings. The van der Waals surface area contributed by atoms with Crippen LogP contribution in [0.2, 0.25) is 0 Å². The molecular formula is C28H29N3O3S2. The zero-order valence-corrected chi connectivity index (χ0v) is 21.9. The summed E-state index contributed by atoms with van der Waals surface area (Å²) in [5.74, 6) is 2.53. The third kappa shape index (κ3) is 4.34. The summed E-state index contributed by atoms with van der Waals surface area (Å²) in [7, 11) is 0. The number of carbonyl (C=O) groups is 3. The highest BCUT2D eigenvalue weighted by atomic mass is 32.2. The fraction of sp³-hybridized carbons (Fsp3) is 0.429. The van der Waals surface area contributed by atoms with Crippen LogP contribution in [0.25, 0.3) is 10.2 Å². The number of fused-ring (bicyclic) bond motifs is 2. The summed E-state index contributed by atoms with van der Waals surface area (Å²) in [5, 5.41) is 0. The number of benzene rings is 2. The molecule has 186 valence electrons. The van der Waals surface area contributed by atoms with Crippen molar-refractivity contribution in [2.45, 2.75) is 49.8 Å². The topological polar surface area (TPSA) is 93.4 Å². The monoisotopic (exact) mass is 519 g/mol. The number of amides is 3. The van der Waals surface area contributed by atoms with E-state index in [1.807, 2.05) is 0 Å². The van der Waals surface area contributed by atoms with Crippen molar-refractivity contribution in [2.75, 3.05) is 10.7 Å². The maximum atomic E-state index is 12.6. The van der Waals surface area contributed by atoms with E-state index < -0.39 is 5.91 Å². The zero-order chi connectivity index (χ0) is 25.0. The molecule has 4 saturated carbocycles. The van der Waals surface area contributed by atoms with Gasteiger partial charge in [0.15, 0.2) is 4.34 Å². The Bertz CT molecular complexity index is 1310. The van der Waals surface area contributed by atoms with Crippen molar-refractivity contribution in [2.24, 2.45) is 28.9 Å². The molecule has 2 aromatic carbocycles. The van der Waals surface area contributed by atoms with Crippen LogP contribution in [-0.4, -0.2) is 28.5 Å². The molecule has 3 aromatic rings. The van der Waals surface area contributed by atoms with Crippen LogP contribution in [0, 0.1) is 23.2 Å². The standard InChI is InChI=1S/C17H11N3O3S2.C11H18/c18-14(21)8-24-17-19-12-6-5-9(7-13(12)25-17)20-15(22)10-3-1-2-4-11(10)16(20)23;1-11-5-8-2-9(6-11)4-10(3-8)7-11/h1-7H,8H2,(H2,18,21);8-10H,2-7H2,1H3. The number of nitrogens with two attached hydrogens (primary N) is 1. The van der Waals surface area contributed by atoms with Crippen LogP contribution >= 0.6 is 23.1 Å². The van der Waals surface area contributed by atoms with Gasteiger partial charge < -0.3 is 5.73 Å². The Balaban J connectivity index is 0.000000180. The van der Waals surface area contributed by atoms with Gasteiger partial charge >= 0.3 is 0 Å². The van der Waals surface area contributed by atoms with Crippen LogP contribution in [0.4, 0.5) is 5.69 Å². The lowest BCUT2D eigenvalue weighted by Crippen LogP contribution is -2.44. The Hall–Kier alpha value is -2.71. The fourth-order valence-corrected chi connectivity index (χ4v) is 9.03. The van der Waals surface area contributed by atoms with Crippen LogP contribution < -0.4 is 10.6 Å². The summed E-state index contributed by atoms with van der Waals surface area (Å²) in [6.45, 7) is 2.54. The second kappa shape index (κ2) is 8.99. The molecule has 2 heterocycles. The molecule has 0 saturated heterocycles. The normalized spacial score (nSPS) is 27.8. The second-order valence-corrected chi connectivity index (χ2v) is 13.4. The summed E-state index contributed by atoms with van der Waals surface area (Å²) in [4.78, 5) is 41.6. The molecule has 0 spiro atoms. The lowest BCUT2D eigenvalue weighted by Gasteiger charge is -2.55. The number of nitrogens with zero attached hydrogens (tertiary/aromatic N) is 2. The van der Waals surface area contributed by atoms with Crippen molar-refractivity contribution in [3.8, 4) is 0 Å². The van der Waals surface area contributed by atoms with Gasteiger partial charge in [-0.25, -0.2) is 9.88 Å².